The summed E-state index contributed by atoms with van der Waals surface area (Å²) < 4.78 is 0. The summed E-state index contributed by atoms with van der Waals surface area (Å²) in [6.45, 7) is 4.51. The Hall–Kier alpha value is -1.68. The molecular formula is C14H16N2OS. The van der Waals surface area contributed by atoms with Gasteiger partial charge in [-0.15, -0.1) is 11.3 Å². The molecule has 1 aromatic heterocycles. The summed E-state index contributed by atoms with van der Waals surface area (Å²) in [7, 11) is 1.81. The van der Waals surface area contributed by atoms with Crippen LogP contribution in [0.1, 0.15) is 26.6 Å². The first-order chi connectivity index (χ1) is 8.56. The zero-order valence-corrected chi connectivity index (χ0v) is 11.6. The van der Waals surface area contributed by atoms with Crippen molar-refractivity contribution in [3.8, 4) is 0 Å². The highest BCUT2D eigenvalue weighted by molar-refractivity contribution is 7.09. The van der Waals surface area contributed by atoms with Gasteiger partial charge in [0.2, 0.25) is 0 Å². The smallest absolute Gasteiger partial charge is 0.253 e. The molecule has 2 aromatic rings. The molecule has 0 saturated carbocycles. The molecular weight excluding hydrogens is 244 g/mol. The number of hydrogen-bond donors (Lipinski definition) is 0. The molecule has 0 aliphatic rings. The lowest BCUT2D eigenvalue weighted by Gasteiger charge is -2.15. The van der Waals surface area contributed by atoms with Crippen molar-refractivity contribution in [2.75, 3.05) is 7.05 Å². The van der Waals surface area contributed by atoms with E-state index in [9.17, 15) is 4.79 Å². The average molecular weight is 260 g/mol. The second kappa shape index (κ2) is 5.31. The Bertz CT molecular complexity index is 562. The predicted molar refractivity (Wildman–Crippen MR) is 73.8 cm³/mol. The van der Waals surface area contributed by atoms with Crippen LogP contribution in [0.15, 0.2) is 29.6 Å². The van der Waals surface area contributed by atoms with Gasteiger partial charge in [-0.25, -0.2) is 4.98 Å². The number of amides is 1. The van der Waals surface area contributed by atoms with Crippen LogP contribution in [0.5, 0.6) is 0 Å². The van der Waals surface area contributed by atoms with E-state index in [0.717, 1.165) is 21.8 Å². The molecule has 0 bridgehead atoms. The monoisotopic (exact) mass is 260 g/mol. The van der Waals surface area contributed by atoms with Gasteiger partial charge in [-0.2, -0.15) is 0 Å². The number of aromatic nitrogens is 1. The highest BCUT2D eigenvalue weighted by Crippen LogP contribution is 2.13. The Kier molecular flexibility index (Phi) is 3.77. The zero-order chi connectivity index (χ0) is 13.1. The van der Waals surface area contributed by atoms with Gasteiger partial charge in [0, 0.05) is 23.7 Å². The number of nitrogens with zero attached hydrogens (tertiary/aromatic N) is 2. The second-order valence-electron chi connectivity index (χ2n) is 4.41. The van der Waals surface area contributed by atoms with E-state index in [1.807, 2.05) is 43.5 Å². The van der Waals surface area contributed by atoms with Gasteiger partial charge in [0.1, 0.15) is 5.01 Å². The van der Waals surface area contributed by atoms with Gasteiger partial charge >= 0.3 is 0 Å². The Balaban J connectivity index is 2.09. The lowest BCUT2D eigenvalue weighted by atomic mass is 10.1. The highest BCUT2D eigenvalue weighted by atomic mass is 32.1. The molecule has 18 heavy (non-hydrogen) atoms. The minimum absolute atomic E-state index is 0.0338. The quantitative estimate of drug-likeness (QED) is 0.850. The molecule has 0 spiro atoms. The number of carbonyl (C=O) groups is 1. The van der Waals surface area contributed by atoms with Crippen molar-refractivity contribution < 1.29 is 4.79 Å². The fraction of sp³-hybridized carbons (Fsp3) is 0.286. The van der Waals surface area contributed by atoms with Crippen LogP contribution >= 0.6 is 11.3 Å². The van der Waals surface area contributed by atoms with E-state index < -0.39 is 0 Å². The molecule has 0 radical (unpaired) electrons. The normalized spacial score (nSPS) is 10.4. The lowest BCUT2D eigenvalue weighted by molar-refractivity contribution is 0.0785. The summed E-state index contributed by atoms with van der Waals surface area (Å²) in [5.74, 6) is 0.0338. The van der Waals surface area contributed by atoms with Crippen molar-refractivity contribution in [1.82, 2.24) is 9.88 Å². The van der Waals surface area contributed by atoms with Crippen LogP contribution in [0, 0.1) is 13.8 Å². The summed E-state index contributed by atoms with van der Waals surface area (Å²) in [4.78, 5) is 18.3. The molecule has 0 N–H and O–H groups in total. The van der Waals surface area contributed by atoms with E-state index in [1.165, 1.54) is 0 Å². The van der Waals surface area contributed by atoms with Gasteiger partial charge in [0.25, 0.3) is 5.91 Å². The predicted octanol–water partition coefficient (Wildman–Crippen LogP) is 3.03. The highest BCUT2D eigenvalue weighted by Gasteiger charge is 2.13. The standard InChI is InChI=1S/C14H16N2OS/c1-10-5-4-6-12(7-10)14(17)16(3)8-13-15-11(2)9-18-13/h4-7,9H,8H2,1-3H3. The zero-order valence-electron chi connectivity index (χ0n) is 10.8. The maximum Gasteiger partial charge on any atom is 0.253 e. The largest absolute Gasteiger partial charge is 0.335 e. The number of benzene rings is 1. The first-order valence-corrected chi connectivity index (χ1v) is 6.67. The van der Waals surface area contributed by atoms with Gasteiger partial charge in [-0.3, -0.25) is 4.79 Å². The lowest BCUT2D eigenvalue weighted by Crippen LogP contribution is -2.26. The molecule has 0 atom stereocenters. The van der Waals surface area contributed by atoms with E-state index in [-0.39, 0.29) is 5.91 Å². The van der Waals surface area contributed by atoms with Crippen LogP contribution in [0.2, 0.25) is 0 Å². The summed E-state index contributed by atoms with van der Waals surface area (Å²) in [5.41, 5.74) is 2.83. The third-order valence-electron chi connectivity index (χ3n) is 2.65. The molecule has 1 amide bonds. The topological polar surface area (TPSA) is 33.2 Å². The number of rotatable bonds is 3. The van der Waals surface area contributed by atoms with Crippen molar-refractivity contribution in [2.24, 2.45) is 0 Å². The van der Waals surface area contributed by atoms with Crippen molar-refractivity contribution in [1.29, 1.82) is 0 Å². The minimum atomic E-state index is 0.0338. The van der Waals surface area contributed by atoms with Crippen LogP contribution < -0.4 is 0 Å². The summed E-state index contributed by atoms with van der Waals surface area (Å²) in [6, 6.07) is 7.65. The maximum absolute atomic E-state index is 12.2. The molecule has 1 aromatic carbocycles. The molecule has 1 heterocycles. The Morgan fingerprint density at radius 2 is 2.17 bits per heavy atom. The molecule has 0 aliphatic heterocycles. The average Bonchev–Trinajstić information content (AvgIpc) is 2.73. The number of carbonyl (C=O) groups excluding carboxylic acids is 1. The van der Waals surface area contributed by atoms with Crippen molar-refractivity contribution >= 4 is 17.2 Å². The fourth-order valence-corrected chi connectivity index (χ4v) is 2.57. The molecule has 94 valence electrons. The summed E-state index contributed by atoms with van der Waals surface area (Å²) in [6.07, 6.45) is 0. The van der Waals surface area contributed by atoms with Gasteiger partial charge in [-0.1, -0.05) is 17.7 Å². The van der Waals surface area contributed by atoms with E-state index in [4.69, 9.17) is 0 Å². The first-order valence-electron chi connectivity index (χ1n) is 5.79. The molecule has 0 fully saturated rings. The number of hydrogen-bond acceptors (Lipinski definition) is 3. The van der Waals surface area contributed by atoms with Crippen molar-refractivity contribution in [2.45, 2.75) is 20.4 Å². The van der Waals surface area contributed by atoms with Crippen LogP contribution in [-0.4, -0.2) is 22.8 Å². The van der Waals surface area contributed by atoms with Crippen LogP contribution in [-0.2, 0) is 6.54 Å². The minimum Gasteiger partial charge on any atom is -0.335 e. The van der Waals surface area contributed by atoms with Gasteiger partial charge in [-0.05, 0) is 26.0 Å². The Morgan fingerprint density at radius 3 is 2.78 bits per heavy atom. The van der Waals surface area contributed by atoms with Crippen LogP contribution in [0.4, 0.5) is 0 Å². The van der Waals surface area contributed by atoms with Crippen molar-refractivity contribution in [3.05, 3.63) is 51.5 Å². The number of aryl methyl sites for hydroxylation is 2. The molecule has 3 nitrogen and oxygen atoms in total. The maximum atomic E-state index is 12.2. The molecule has 4 heteroatoms. The molecule has 0 unspecified atom stereocenters. The molecule has 0 aliphatic carbocycles. The van der Waals surface area contributed by atoms with Gasteiger partial charge in [0.05, 0.1) is 6.54 Å². The van der Waals surface area contributed by atoms with E-state index in [0.29, 0.717) is 6.54 Å². The summed E-state index contributed by atoms with van der Waals surface area (Å²) in [5, 5.41) is 2.97. The second-order valence-corrected chi connectivity index (χ2v) is 5.36. The van der Waals surface area contributed by atoms with E-state index in [1.54, 1.807) is 23.3 Å². The van der Waals surface area contributed by atoms with Gasteiger partial charge in [0.15, 0.2) is 0 Å². The van der Waals surface area contributed by atoms with Crippen LogP contribution in [0.3, 0.4) is 0 Å². The molecule has 0 saturated heterocycles. The Labute approximate surface area is 111 Å². The first kappa shape index (κ1) is 12.8. The molecule has 2 rings (SSSR count). The van der Waals surface area contributed by atoms with Crippen molar-refractivity contribution in [3.63, 3.8) is 0 Å². The third-order valence-corrected chi connectivity index (χ3v) is 3.60. The van der Waals surface area contributed by atoms with E-state index in [2.05, 4.69) is 4.98 Å². The third kappa shape index (κ3) is 2.96. The van der Waals surface area contributed by atoms with Gasteiger partial charge < -0.3 is 4.90 Å². The van der Waals surface area contributed by atoms with Crippen LogP contribution in [0.25, 0.3) is 0 Å². The Morgan fingerprint density at radius 1 is 1.39 bits per heavy atom. The number of thiazole rings is 1. The fourth-order valence-electron chi connectivity index (χ4n) is 1.75. The van der Waals surface area contributed by atoms with E-state index >= 15 is 0 Å². The summed E-state index contributed by atoms with van der Waals surface area (Å²) >= 11 is 1.59. The SMILES string of the molecule is Cc1cccc(C(=O)N(C)Cc2nc(C)cs2)c1.